The molecule has 1 saturated heterocycles. The average molecular weight is 468 g/mol. The van der Waals surface area contributed by atoms with E-state index in [0.717, 1.165) is 65.8 Å². The lowest BCUT2D eigenvalue weighted by molar-refractivity contribution is 0.0365. The molecule has 1 aliphatic rings. The number of para-hydroxylation sites is 1. The summed E-state index contributed by atoms with van der Waals surface area (Å²) < 4.78 is 14.2. The third kappa shape index (κ3) is 3.88. The fourth-order valence-electron chi connectivity index (χ4n) is 3.88. The van der Waals surface area contributed by atoms with E-state index in [4.69, 9.17) is 9.15 Å². The number of carbonyl (C=O) groups is 1. The van der Waals surface area contributed by atoms with Gasteiger partial charge in [-0.2, -0.15) is 0 Å². The second kappa shape index (κ2) is 8.26. The summed E-state index contributed by atoms with van der Waals surface area (Å²) in [5.74, 6) is 0.0317. The Morgan fingerprint density at radius 1 is 1.03 bits per heavy atom. The predicted octanol–water partition coefficient (Wildman–Crippen LogP) is 4.73. The van der Waals surface area contributed by atoms with Gasteiger partial charge in [-0.1, -0.05) is 12.1 Å². The van der Waals surface area contributed by atoms with E-state index in [9.17, 15) is 4.79 Å². The van der Waals surface area contributed by atoms with E-state index in [2.05, 4.69) is 49.0 Å². The number of nitrogens with one attached hydrogen (secondary N) is 1. The number of morpholine rings is 1. The van der Waals surface area contributed by atoms with Crippen molar-refractivity contribution >= 4 is 49.4 Å². The lowest BCUT2D eigenvalue weighted by atomic mass is 10.2. The van der Waals surface area contributed by atoms with Gasteiger partial charge in [-0.05, 0) is 52.3 Å². The van der Waals surface area contributed by atoms with Crippen LogP contribution in [-0.2, 0) is 11.3 Å². The van der Waals surface area contributed by atoms with Crippen molar-refractivity contribution in [3.63, 3.8) is 0 Å². The first-order chi connectivity index (χ1) is 14.7. The molecule has 5 rings (SSSR count). The first kappa shape index (κ1) is 19.4. The Kier molecular flexibility index (Phi) is 5.33. The summed E-state index contributed by atoms with van der Waals surface area (Å²) in [6.45, 7) is 5.56. The van der Waals surface area contributed by atoms with Gasteiger partial charge in [0.05, 0.1) is 17.7 Å². The molecule has 2 aromatic heterocycles. The standard InChI is InChI=1S/C23H22BrN3O3/c24-19-3-1-2-17-15-21(30-22(17)19)23(28)25-18-4-5-20-16(14-18)6-7-27(20)9-8-26-10-12-29-13-11-26/h1-7,14-15H,8-13H2,(H,25,28). The fraction of sp³-hybridized carbons (Fsp3) is 0.261. The number of ether oxygens (including phenoxy) is 1. The van der Waals surface area contributed by atoms with Gasteiger partial charge < -0.3 is 19.0 Å². The molecular weight excluding hydrogens is 446 g/mol. The Morgan fingerprint density at radius 3 is 2.73 bits per heavy atom. The zero-order chi connectivity index (χ0) is 20.5. The van der Waals surface area contributed by atoms with Crippen LogP contribution in [0.1, 0.15) is 10.6 Å². The van der Waals surface area contributed by atoms with Crippen LogP contribution in [0.15, 0.2) is 63.6 Å². The van der Waals surface area contributed by atoms with Crippen molar-refractivity contribution in [3.05, 3.63) is 65.0 Å². The zero-order valence-electron chi connectivity index (χ0n) is 16.4. The van der Waals surface area contributed by atoms with Crippen LogP contribution in [-0.4, -0.2) is 48.2 Å². The number of aromatic nitrogens is 1. The molecular formula is C23H22BrN3O3. The minimum Gasteiger partial charge on any atom is -0.450 e. The minimum atomic E-state index is -0.260. The van der Waals surface area contributed by atoms with Crippen LogP contribution in [0.5, 0.6) is 0 Å². The molecule has 154 valence electrons. The molecule has 1 N–H and O–H groups in total. The molecule has 1 aliphatic heterocycles. The highest BCUT2D eigenvalue weighted by atomic mass is 79.9. The summed E-state index contributed by atoms with van der Waals surface area (Å²) in [6.07, 6.45) is 2.10. The van der Waals surface area contributed by atoms with Gasteiger partial charge in [0.25, 0.3) is 5.91 Å². The lowest BCUT2D eigenvalue weighted by Crippen LogP contribution is -2.38. The van der Waals surface area contributed by atoms with Crippen LogP contribution in [0.25, 0.3) is 21.9 Å². The lowest BCUT2D eigenvalue weighted by Gasteiger charge is -2.26. The van der Waals surface area contributed by atoms with Gasteiger partial charge in [0.2, 0.25) is 0 Å². The van der Waals surface area contributed by atoms with E-state index in [0.29, 0.717) is 11.3 Å². The second-order valence-electron chi connectivity index (χ2n) is 7.46. The molecule has 7 heteroatoms. The SMILES string of the molecule is O=C(Nc1ccc2c(ccn2CCN2CCOCC2)c1)c1cc2cccc(Br)c2o1. The molecule has 0 radical (unpaired) electrons. The number of benzene rings is 2. The molecule has 2 aromatic carbocycles. The maximum Gasteiger partial charge on any atom is 0.291 e. The highest BCUT2D eigenvalue weighted by Crippen LogP contribution is 2.28. The first-order valence-electron chi connectivity index (χ1n) is 10.1. The smallest absolute Gasteiger partial charge is 0.291 e. The van der Waals surface area contributed by atoms with Crippen molar-refractivity contribution in [2.45, 2.75) is 6.54 Å². The van der Waals surface area contributed by atoms with Gasteiger partial charge in [0.1, 0.15) is 5.58 Å². The van der Waals surface area contributed by atoms with E-state index in [1.165, 1.54) is 0 Å². The molecule has 4 aromatic rings. The van der Waals surface area contributed by atoms with Crippen molar-refractivity contribution in [1.29, 1.82) is 0 Å². The number of hydrogen-bond donors (Lipinski definition) is 1. The maximum atomic E-state index is 12.7. The molecule has 3 heterocycles. The van der Waals surface area contributed by atoms with E-state index in [1.807, 2.05) is 30.3 Å². The van der Waals surface area contributed by atoms with Gasteiger partial charge in [-0.15, -0.1) is 0 Å². The van der Waals surface area contributed by atoms with Crippen molar-refractivity contribution in [2.24, 2.45) is 0 Å². The number of hydrogen-bond acceptors (Lipinski definition) is 4. The Labute approximate surface area is 182 Å². The fourth-order valence-corrected chi connectivity index (χ4v) is 4.34. The molecule has 0 aliphatic carbocycles. The van der Waals surface area contributed by atoms with E-state index in [-0.39, 0.29) is 5.91 Å². The normalized spacial score (nSPS) is 15.1. The molecule has 1 amide bonds. The van der Waals surface area contributed by atoms with Crippen LogP contribution in [0.2, 0.25) is 0 Å². The summed E-state index contributed by atoms with van der Waals surface area (Å²) in [6, 6.07) is 15.6. The predicted molar refractivity (Wildman–Crippen MR) is 121 cm³/mol. The maximum absolute atomic E-state index is 12.7. The minimum absolute atomic E-state index is 0.260. The Morgan fingerprint density at radius 2 is 1.90 bits per heavy atom. The molecule has 0 bridgehead atoms. The molecule has 0 unspecified atom stereocenters. The van der Waals surface area contributed by atoms with Gasteiger partial charge >= 0.3 is 0 Å². The van der Waals surface area contributed by atoms with Crippen molar-refractivity contribution < 1.29 is 13.9 Å². The van der Waals surface area contributed by atoms with E-state index in [1.54, 1.807) is 6.07 Å². The summed E-state index contributed by atoms with van der Waals surface area (Å²) >= 11 is 3.46. The number of anilines is 1. The van der Waals surface area contributed by atoms with Crippen molar-refractivity contribution in [2.75, 3.05) is 38.2 Å². The first-order valence-corrected chi connectivity index (χ1v) is 10.8. The number of nitrogens with zero attached hydrogens (tertiary/aromatic N) is 2. The molecule has 30 heavy (non-hydrogen) atoms. The molecule has 0 spiro atoms. The number of furan rings is 1. The third-order valence-corrected chi connectivity index (χ3v) is 6.13. The molecule has 1 fully saturated rings. The van der Waals surface area contributed by atoms with Crippen LogP contribution in [0.4, 0.5) is 5.69 Å². The van der Waals surface area contributed by atoms with Gasteiger partial charge in [0.15, 0.2) is 5.76 Å². The highest BCUT2D eigenvalue weighted by Gasteiger charge is 2.15. The van der Waals surface area contributed by atoms with Crippen LogP contribution in [0, 0.1) is 0 Å². The largest absolute Gasteiger partial charge is 0.450 e. The summed E-state index contributed by atoms with van der Waals surface area (Å²) in [5, 5.41) is 4.93. The summed E-state index contributed by atoms with van der Waals surface area (Å²) in [5.41, 5.74) is 2.59. The Bertz CT molecular complexity index is 1210. The number of halogens is 1. The third-order valence-electron chi connectivity index (χ3n) is 5.51. The number of carbonyl (C=O) groups excluding carboxylic acids is 1. The van der Waals surface area contributed by atoms with Gasteiger partial charge in [0, 0.05) is 54.4 Å². The van der Waals surface area contributed by atoms with Gasteiger partial charge in [-0.3, -0.25) is 9.69 Å². The van der Waals surface area contributed by atoms with E-state index < -0.39 is 0 Å². The highest BCUT2D eigenvalue weighted by molar-refractivity contribution is 9.10. The number of amides is 1. The van der Waals surface area contributed by atoms with Crippen LogP contribution >= 0.6 is 15.9 Å². The van der Waals surface area contributed by atoms with Gasteiger partial charge in [-0.25, -0.2) is 0 Å². The second-order valence-corrected chi connectivity index (χ2v) is 8.31. The summed E-state index contributed by atoms with van der Waals surface area (Å²) in [7, 11) is 0. The molecule has 0 saturated carbocycles. The molecule has 0 atom stereocenters. The van der Waals surface area contributed by atoms with Crippen LogP contribution < -0.4 is 5.32 Å². The van der Waals surface area contributed by atoms with Crippen LogP contribution in [0.3, 0.4) is 0 Å². The zero-order valence-corrected chi connectivity index (χ0v) is 18.0. The Balaban J connectivity index is 1.30. The summed E-state index contributed by atoms with van der Waals surface area (Å²) in [4.78, 5) is 15.1. The number of rotatable bonds is 5. The van der Waals surface area contributed by atoms with Crippen molar-refractivity contribution in [1.82, 2.24) is 9.47 Å². The number of fused-ring (bicyclic) bond motifs is 2. The Hall–Kier alpha value is -2.61. The molecule has 6 nitrogen and oxygen atoms in total. The topological polar surface area (TPSA) is 59.6 Å². The van der Waals surface area contributed by atoms with Crippen molar-refractivity contribution in [3.8, 4) is 0 Å². The monoisotopic (exact) mass is 467 g/mol. The average Bonchev–Trinajstić information content (AvgIpc) is 3.38. The quantitative estimate of drug-likeness (QED) is 0.460. The van der Waals surface area contributed by atoms with E-state index >= 15 is 0 Å².